The molecule has 16 heteroatoms. The van der Waals surface area contributed by atoms with E-state index in [2.05, 4.69) is 49.6 Å². The molecular weight excluding hydrogens is 812 g/mol. The normalized spacial score (nSPS) is 18.7. The molecule has 7 rings (SSSR count). The van der Waals surface area contributed by atoms with Crippen molar-refractivity contribution in [1.82, 2.24) is 40.4 Å². The number of amides is 3. The average molecular weight is 876 g/mol. The van der Waals surface area contributed by atoms with E-state index in [1.54, 1.807) is 4.90 Å². The Balaban J connectivity index is 0.00000114. The summed E-state index contributed by atoms with van der Waals surface area (Å²) < 4.78 is 14.2. The molecule has 2 unspecified atom stereocenters. The van der Waals surface area contributed by atoms with Crippen LogP contribution < -0.4 is 10.6 Å². The van der Waals surface area contributed by atoms with E-state index >= 15 is 0 Å². The van der Waals surface area contributed by atoms with Crippen molar-refractivity contribution in [1.29, 1.82) is 0 Å². The van der Waals surface area contributed by atoms with E-state index in [1.165, 1.54) is 14.2 Å². The number of hydrogen-bond donors (Lipinski definition) is 4. The Bertz CT molecular complexity index is 2050. The van der Waals surface area contributed by atoms with Gasteiger partial charge in [-0.1, -0.05) is 87.8 Å². The van der Waals surface area contributed by atoms with E-state index in [0.717, 1.165) is 85.3 Å². The minimum Gasteiger partial charge on any atom is -0.471 e. The summed E-state index contributed by atoms with van der Waals surface area (Å²) in [6, 6.07) is 15.2. The molecule has 4 atom stereocenters. The first-order chi connectivity index (χ1) is 30.1. The van der Waals surface area contributed by atoms with Crippen LogP contribution in [0.15, 0.2) is 54.7 Å². The number of likely N-dealkylation sites (tertiary alicyclic amines) is 2. The zero-order chi connectivity index (χ0) is 44.8. The third-order valence-electron chi connectivity index (χ3n) is 11.7. The number of likely N-dealkylation sites (N-methyl/N-ethyl adjacent to an activating group) is 1. The quantitative estimate of drug-likeness (QED) is 0.103. The molecule has 0 radical (unpaired) electrons. The van der Waals surface area contributed by atoms with Crippen molar-refractivity contribution in [3.8, 4) is 33.6 Å². The molecule has 3 fully saturated rings. The number of nitrogens with zero attached hydrogens (tertiary/aromatic N) is 4. The number of methoxy groups -OCH3 is 2. The summed E-state index contributed by atoms with van der Waals surface area (Å²) in [5, 5.41) is 6.42. The van der Waals surface area contributed by atoms with Crippen molar-refractivity contribution in [3.63, 3.8) is 0 Å². The van der Waals surface area contributed by atoms with Gasteiger partial charge in [-0.2, -0.15) is 0 Å². The maximum Gasteiger partial charge on any atom is 0.407 e. The van der Waals surface area contributed by atoms with Gasteiger partial charge in [0.15, 0.2) is 0 Å². The second-order valence-electron chi connectivity index (χ2n) is 15.8. The van der Waals surface area contributed by atoms with Crippen LogP contribution in [-0.2, 0) is 28.6 Å². The maximum absolute atomic E-state index is 13.9. The Kier molecular flexibility index (Phi) is 17.9. The number of alkyl carbamates (subject to hydrolysis) is 1. The number of imidazole rings is 2. The summed E-state index contributed by atoms with van der Waals surface area (Å²) in [6.07, 6.45) is 7.51. The Hall–Kier alpha value is -5.25. The highest BCUT2D eigenvalue weighted by Crippen LogP contribution is 2.37. The number of aromatic nitrogens is 4. The first-order valence-corrected chi connectivity index (χ1v) is 22.1. The molecule has 62 heavy (non-hydrogen) atoms. The lowest BCUT2D eigenvalue weighted by molar-refractivity contribution is -0.140. The minimum atomic E-state index is -0.713. The highest BCUT2D eigenvalue weighted by Gasteiger charge is 2.39. The van der Waals surface area contributed by atoms with E-state index in [1.807, 2.05) is 70.1 Å². The first kappa shape index (κ1) is 47.8. The van der Waals surface area contributed by atoms with Gasteiger partial charge in [0.2, 0.25) is 11.8 Å². The second kappa shape index (κ2) is 23.3. The molecule has 3 aliphatic rings. The van der Waals surface area contributed by atoms with Gasteiger partial charge in [0.1, 0.15) is 28.5 Å². The Morgan fingerprint density at radius 2 is 1.39 bits per heavy atom. The number of H-pyrrole nitrogens is 2. The van der Waals surface area contributed by atoms with Crippen molar-refractivity contribution in [2.24, 2.45) is 11.8 Å². The predicted molar refractivity (Wildman–Crippen MR) is 239 cm³/mol. The van der Waals surface area contributed by atoms with Gasteiger partial charge in [0, 0.05) is 31.9 Å². The molecule has 0 bridgehead atoms. The standard InChI is InChI=1S/C42H53ClN8O5.C2H4O2.C2H6/c1-25(2)34(48-42(54)55-4)40(52)51-21-7-9-33(51)39-47-35(37(43)49-39)29-16-12-27(13-17-29)26-10-14-28(15-11-26)31-24-45-38(46-31)32-8-5-6-20-50(32)41(53)36(44-3)30-18-22-56-23-19-30;1-4-2-3;1-2/h10-17,24-25,30,32-34,36,44H,5-9,18-23H2,1-4H3,(H,45,46)(H,47,49)(H,48,54);2H,1H3;1-2H3/t32-,33-,34?,36?;;/m0../s1. The molecule has 4 aromatic rings. The lowest BCUT2D eigenvalue weighted by atomic mass is 9.89. The second-order valence-corrected chi connectivity index (χ2v) is 16.1. The van der Waals surface area contributed by atoms with E-state index in [-0.39, 0.29) is 41.8 Å². The zero-order valence-electron chi connectivity index (χ0n) is 37.0. The van der Waals surface area contributed by atoms with Crippen molar-refractivity contribution < 1.29 is 33.4 Å². The van der Waals surface area contributed by atoms with Gasteiger partial charge in [-0.15, -0.1) is 0 Å². The third-order valence-corrected chi connectivity index (χ3v) is 12.0. The molecular formula is C46H63ClN8O7. The summed E-state index contributed by atoms with van der Waals surface area (Å²) in [6.45, 7) is 10.9. The summed E-state index contributed by atoms with van der Waals surface area (Å²) in [5.41, 5.74) is 5.52. The van der Waals surface area contributed by atoms with Crippen LogP contribution >= 0.6 is 11.6 Å². The van der Waals surface area contributed by atoms with E-state index in [9.17, 15) is 14.4 Å². The number of aromatic amines is 2. The number of benzene rings is 2. The average Bonchev–Trinajstić information content (AvgIpc) is 4.10. The first-order valence-electron chi connectivity index (χ1n) is 21.8. The number of hydrogen-bond acceptors (Lipinski definition) is 10. The predicted octanol–water partition coefficient (Wildman–Crippen LogP) is 7.71. The number of carbonyl (C=O) groups is 4. The van der Waals surface area contributed by atoms with Crippen molar-refractivity contribution >= 4 is 36.0 Å². The van der Waals surface area contributed by atoms with Crippen LogP contribution in [0.5, 0.6) is 0 Å². The molecule has 3 aliphatic heterocycles. The smallest absolute Gasteiger partial charge is 0.407 e. The molecule has 2 aromatic carbocycles. The molecule has 4 N–H and O–H groups in total. The van der Waals surface area contributed by atoms with Gasteiger partial charge in [0.25, 0.3) is 6.47 Å². The molecule has 15 nitrogen and oxygen atoms in total. The van der Waals surface area contributed by atoms with Gasteiger partial charge in [-0.25, -0.2) is 14.8 Å². The lowest BCUT2D eigenvalue weighted by Gasteiger charge is -2.39. The van der Waals surface area contributed by atoms with Crippen molar-refractivity contribution in [3.05, 3.63) is 71.5 Å². The van der Waals surface area contributed by atoms with Crippen LogP contribution in [0.2, 0.25) is 5.15 Å². The number of nitrogens with one attached hydrogen (secondary N) is 4. The summed E-state index contributed by atoms with van der Waals surface area (Å²) in [4.78, 5) is 68.7. The highest BCUT2D eigenvalue weighted by atomic mass is 35.5. The van der Waals surface area contributed by atoms with Gasteiger partial charge in [-0.05, 0) is 80.5 Å². The summed E-state index contributed by atoms with van der Waals surface area (Å²) in [5.74, 6) is 1.59. The molecule has 2 aromatic heterocycles. The fourth-order valence-corrected chi connectivity index (χ4v) is 8.74. The number of piperidine rings is 1. The minimum absolute atomic E-state index is 0.0789. The fourth-order valence-electron chi connectivity index (χ4n) is 8.49. The molecule has 0 aliphatic carbocycles. The molecule has 3 amide bonds. The van der Waals surface area contributed by atoms with E-state index < -0.39 is 12.1 Å². The van der Waals surface area contributed by atoms with Crippen molar-refractivity contribution in [2.45, 2.75) is 96.8 Å². The van der Waals surface area contributed by atoms with Crippen LogP contribution in [0.25, 0.3) is 33.6 Å². The topological polar surface area (TPSA) is 184 Å². The molecule has 0 spiro atoms. The van der Waals surface area contributed by atoms with Gasteiger partial charge >= 0.3 is 6.09 Å². The highest BCUT2D eigenvalue weighted by molar-refractivity contribution is 6.31. The monoisotopic (exact) mass is 874 g/mol. The van der Waals surface area contributed by atoms with Crippen LogP contribution in [0, 0.1) is 11.8 Å². The lowest BCUT2D eigenvalue weighted by Crippen LogP contribution is -2.52. The van der Waals surface area contributed by atoms with Crippen LogP contribution in [0.1, 0.15) is 96.4 Å². The van der Waals surface area contributed by atoms with Gasteiger partial charge in [0.05, 0.1) is 44.2 Å². The zero-order valence-corrected chi connectivity index (χ0v) is 37.8. The number of ether oxygens (including phenoxy) is 3. The SMILES string of the molecule is CC.CNC(C(=O)N1CCCC[C@H]1c1ncc(-c2ccc(-c3ccc(-c4nc([C@@H]5CCCN5C(=O)C(NC(=O)OC)C(C)C)[nH]c4Cl)cc3)cc2)[nH]1)C1CCOCC1.COC=O. The van der Waals surface area contributed by atoms with Gasteiger partial charge < -0.3 is 44.6 Å². The summed E-state index contributed by atoms with van der Waals surface area (Å²) >= 11 is 6.72. The number of halogens is 1. The van der Waals surface area contributed by atoms with Crippen LogP contribution in [-0.4, -0.2) is 114 Å². The Labute approximate surface area is 370 Å². The van der Waals surface area contributed by atoms with Crippen molar-refractivity contribution in [2.75, 3.05) is 47.6 Å². The molecule has 3 saturated heterocycles. The fraction of sp³-hybridized carbons (Fsp3) is 0.522. The van der Waals surface area contributed by atoms with Gasteiger partial charge in [-0.3, -0.25) is 14.4 Å². The van der Waals surface area contributed by atoms with E-state index in [4.69, 9.17) is 35.8 Å². The maximum atomic E-state index is 13.9. The molecule has 5 heterocycles. The number of carbonyl (C=O) groups excluding carboxylic acids is 4. The largest absolute Gasteiger partial charge is 0.471 e. The van der Waals surface area contributed by atoms with Crippen LogP contribution in [0.3, 0.4) is 0 Å². The third kappa shape index (κ3) is 11.4. The Morgan fingerprint density at radius 1 is 0.823 bits per heavy atom. The Morgan fingerprint density at radius 3 is 1.98 bits per heavy atom. The van der Waals surface area contributed by atoms with E-state index in [0.29, 0.717) is 42.9 Å². The summed E-state index contributed by atoms with van der Waals surface area (Å²) in [7, 11) is 4.49. The molecule has 336 valence electrons. The number of rotatable bonds is 12. The van der Waals surface area contributed by atoms with Crippen LogP contribution in [0.4, 0.5) is 4.79 Å². The molecule has 0 saturated carbocycles.